The normalized spacial score (nSPS) is 14.5. The molecule has 0 saturated carbocycles. The van der Waals surface area contributed by atoms with E-state index in [9.17, 15) is 9.18 Å². The van der Waals surface area contributed by atoms with Crippen LogP contribution in [0.4, 0.5) is 4.39 Å². The standard InChI is InChI=1S/C25H28FN3O3/c1-2-3-16-31-22-10-6-20(7-11-22)25(30)29-14-12-18(13-15-29)17-23-27-24(28-32-23)19-4-8-21(26)9-5-19/h4-11,18H,2-3,12-17H2,1H3. The second-order valence-corrected chi connectivity index (χ2v) is 8.18. The van der Waals surface area contributed by atoms with Crippen molar-refractivity contribution in [3.05, 3.63) is 65.8 Å². The van der Waals surface area contributed by atoms with Crippen LogP contribution in [0.1, 0.15) is 48.9 Å². The molecule has 0 spiro atoms. The number of piperidine rings is 1. The first-order valence-corrected chi connectivity index (χ1v) is 11.2. The minimum absolute atomic E-state index is 0.0555. The van der Waals surface area contributed by atoms with Gasteiger partial charge in [-0.05, 0) is 73.7 Å². The molecular weight excluding hydrogens is 409 g/mol. The van der Waals surface area contributed by atoms with Crippen molar-refractivity contribution in [2.75, 3.05) is 19.7 Å². The van der Waals surface area contributed by atoms with Gasteiger partial charge in [-0.1, -0.05) is 18.5 Å². The Labute approximate surface area is 187 Å². The fraction of sp³-hybridized carbons (Fsp3) is 0.400. The Morgan fingerprint density at radius 3 is 2.53 bits per heavy atom. The molecule has 168 valence electrons. The van der Waals surface area contributed by atoms with Gasteiger partial charge >= 0.3 is 0 Å². The maximum absolute atomic E-state index is 13.1. The van der Waals surface area contributed by atoms with Gasteiger partial charge in [0.2, 0.25) is 11.7 Å². The van der Waals surface area contributed by atoms with Crippen LogP contribution < -0.4 is 4.74 Å². The highest BCUT2D eigenvalue weighted by atomic mass is 19.1. The van der Waals surface area contributed by atoms with E-state index in [2.05, 4.69) is 17.1 Å². The van der Waals surface area contributed by atoms with E-state index in [1.54, 1.807) is 12.1 Å². The molecule has 32 heavy (non-hydrogen) atoms. The molecule has 4 rings (SSSR count). The van der Waals surface area contributed by atoms with Crippen LogP contribution in [0.15, 0.2) is 53.1 Å². The first-order valence-electron chi connectivity index (χ1n) is 11.2. The summed E-state index contributed by atoms with van der Waals surface area (Å²) in [5.74, 6) is 1.99. The molecule has 0 radical (unpaired) electrons. The van der Waals surface area contributed by atoms with Crippen molar-refractivity contribution < 1.29 is 18.4 Å². The van der Waals surface area contributed by atoms with Crippen LogP contribution >= 0.6 is 0 Å². The quantitative estimate of drug-likeness (QED) is 0.456. The number of likely N-dealkylation sites (tertiary alicyclic amines) is 1. The lowest BCUT2D eigenvalue weighted by Gasteiger charge is -2.31. The number of amides is 1. The van der Waals surface area contributed by atoms with E-state index < -0.39 is 0 Å². The number of carbonyl (C=O) groups excluding carboxylic acids is 1. The Kier molecular flexibility index (Phi) is 7.14. The molecule has 0 aliphatic carbocycles. The maximum atomic E-state index is 13.1. The van der Waals surface area contributed by atoms with E-state index in [-0.39, 0.29) is 11.7 Å². The largest absolute Gasteiger partial charge is 0.494 e. The molecule has 0 unspecified atom stereocenters. The fourth-order valence-corrected chi connectivity index (χ4v) is 3.85. The second kappa shape index (κ2) is 10.4. The van der Waals surface area contributed by atoms with Crippen LogP contribution in [0, 0.1) is 11.7 Å². The van der Waals surface area contributed by atoms with Gasteiger partial charge in [-0.3, -0.25) is 4.79 Å². The summed E-state index contributed by atoms with van der Waals surface area (Å²) in [4.78, 5) is 19.2. The second-order valence-electron chi connectivity index (χ2n) is 8.18. The van der Waals surface area contributed by atoms with E-state index >= 15 is 0 Å². The van der Waals surface area contributed by atoms with Gasteiger partial charge in [0.25, 0.3) is 5.91 Å². The third-order valence-corrected chi connectivity index (χ3v) is 5.80. The van der Waals surface area contributed by atoms with E-state index in [0.717, 1.165) is 37.0 Å². The van der Waals surface area contributed by atoms with Gasteiger partial charge < -0.3 is 14.2 Å². The molecule has 0 bridgehead atoms. The molecule has 2 heterocycles. The highest BCUT2D eigenvalue weighted by Gasteiger charge is 2.25. The van der Waals surface area contributed by atoms with Crippen molar-refractivity contribution in [3.63, 3.8) is 0 Å². The Morgan fingerprint density at radius 2 is 1.84 bits per heavy atom. The van der Waals surface area contributed by atoms with Crippen LogP contribution in [0.3, 0.4) is 0 Å². The number of hydrogen-bond donors (Lipinski definition) is 0. The number of ether oxygens (including phenoxy) is 1. The summed E-state index contributed by atoms with van der Waals surface area (Å²) in [6.07, 6.45) is 4.57. The monoisotopic (exact) mass is 437 g/mol. The van der Waals surface area contributed by atoms with Gasteiger partial charge in [-0.15, -0.1) is 0 Å². The SMILES string of the molecule is CCCCOc1ccc(C(=O)N2CCC(Cc3nc(-c4ccc(F)cc4)no3)CC2)cc1. The lowest BCUT2D eigenvalue weighted by molar-refractivity contribution is 0.0687. The number of halogens is 1. The van der Waals surface area contributed by atoms with Crippen molar-refractivity contribution in [1.29, 1.82) is 0 Å². The van der Waals surface area contributed by atoms with E-state index in [0.29, 0.717) is 49.3 Å². The zero-order valence-corrected chi connectivity index (χ0v) is 18.3. The summed E-state index contributed by atoms with van der Waals surface area (Å²) in [5, 5.41) is 4.01. The molecule has 1 saturated heterocycles. The summed E-state index contributed by atoms with van der Waals surface area (Å²) in [7, 11) is 0. The fourth-order valence-electron chi connectivity index (χ4n) is 3.85. The molecule has 1 fully saturated rings. The number of nitrogens with zero attached hydrogens (tertiary/aromatic N) is 3. The molecule has 1 aliphatic heterocycles. The third-order valence-electron chi connectivity index (χ3n) is 5.80. The summed E-state index contributed by atoms with van der Waals surface area (Å²) in [6.45, 7) is 4.23. The molecule has 1 amide bonds. The van der Waals surface area contributed by atoms with Crippen LogP contribution in [-0.4, -0.2) is 40.6 Å². The summed E-state index contributed by atoms with van der Waals surface area (Å²) in [5.41, 5.74) is 1.41. The van der Waals surface area contributed by atoms with Crippen molar-refractivity contribution in [2.24, 2.45) is 5.92 Å². The Balaban J connectivity index is 1.27. The Morgan fingerprint density at radius 1 is 1.12 bits per heavy atom. The third kappa shape index (κ3) is 5.52. The van der Waals surface area contributed by atoms with Crippen molar-refractivity contribution in [2.45, 2.75) is 39.0 Å². The molecule has 0 N–H and O–H groups in total. The average molecular weight is 438 g/mol. The van der Waals surface area contributed by atoms with Gasteiger partial charge in [0.1, 0.15) is 11.6 Å². The predicted octanol–water partition coefficient (Wildman–Crippen LogP) is 5.15. The van der Waals surface area contributed by atoms with Gasteiger partial charge in [0.15, 0.2) is 0 Å². The summed E-state index contributed by atoms with van der Waals surface area (Å²) in [6, 6.07) is 13.4. The van der Waals surface area contributed by atoms with Crippen LogP contribution in [0.2, 0.25) is 0 Å². The predicted molar refractivity (Wildman–Crippen MR) is 119 cm³/mol. The number of rotatable bonds is 8. The van der Waals surface area contributed by atoms with Crippen molar-refractivity contribution in [1.82, 2.24) is 15.0 Å². The average Bonchev–Trinajstić information content (AvgIpc) is 3.29. The lowest BCUT2D eigenvalue weighted by Crippen LogP contribution is -2.38. The molecule has 2 aromatic carbocycles. The molecule has 1 aliphatic rings. The van der Waals surface area contributed by atoms with Gasteiger partial charge in [0.05, 0.1) is 6.61 Å². The van der Waals surface area contributed by atoms with E-state index in [1.807, 2.05) is 29.2 Å². The van der Waals surface area contributed by atoms with Crippen molar-refractivity contribution >= 4 is 5.91 Å². The van der Waals surface area contributed by atoms with E-state index in [1.165, 1.54) is 12.1 Å². The first-order chi connectivity index (χ1) is 15.6. The van der Waals surface area contributed by atoms with Gasteiger partial charge in [-0.2, -0.15) is 4.98 Å². The smallest absolute Gasteiger partial charge is 0.253 e. The topological polar surface area (TPSA) is 68.5 Å². The first kappa shape index (κ1) is 22.0. The van der Waals surface area contributed by atoms with Crippen LogP contribution in [0.5, 0.6) is 5.75 Å². The minimum atomic E-state index is -0.296. The Hall–Kier alpha value is -3.22. The van der Waals surface area contributed by atoms with Crippen molar-refractivity contribution in [3.8, 4) is 17.1 Å². The number of unbranched alkanes of at least 4 members (excludes halogenated alkanes) is 1. The minimum Gasteiger partial charge on any atom is -0.494 e. The molecular formula is C25H28FN3O3. The van der Waals surface area contributed by atoms with Crippen LogP contribution in [0.25, 0.3) is 11.4 Å². The zero-order chi connectivity index (χ0) is 22.3. The van der Waals surface area contributed by atoms with Gasteiger partial charge in [0, 0.05) is 30.6 Å². The molecule has 3 aromatic rings. The van der Waals surface area contributed by atoms with E-state index in [4.69, 9.17) is 9.26 Å². The summed E-state index contributed by atoms with van der Waals surface area (Å²) < 4.78 is 24.2. The highest BCUT2D eigenvalue weighted by molar-refractivity contribution is 5.94. The number of carbonyl (C=O) groups is 1. The Bertz CT molecular complexity index is 1010. The molecule has 6 nitrogen and oxygen atoms in total. The lowest BCUT2D eigenvalue weighted by atomic mass is 9.93. The maximum Gasteiger partial charge on any atom is 0.253 e. The number of benzene rings is 2. The molecule has 1 aromatic heterocycles. The number of hydrogen-bond acceptors (Lipinski definition) is 5. The number of aromatic nitrogens is 2. The molecule has 0 atom stereocenters. The van der Waals surface area contributed by atoms with Crippen LogP contribution in [-0.2, 0) is 6.42 Å². The highest BCUT2D eigenvalue weighted by Crippen LogP contribution is 2.24. The zero-order valence-electron chi connectivity index (χ0n) is 18.3. The molecule has 7 heteroatoms. The summed E-state index contributed by atoms with van der Waals surface area (Å²) >= 11 is 0. The van der Waals surface area contributed by atoms with Gasteiger partial charge in [-0.25, -0.2) is 4.39 Å².